The molecule has 1 aromatic carbocycles. The van der Waals surface area contributed by atoms with Gasteiger partial charge in [-0.15, -0.1) is 0 Å². The highest BCUT2D eigenvalue weighted by molar-refractivity contribution is 9.10. The van der Waals surface area contributed by atoms with Crippen LogP contribution in [0.5, 0.6) is 0 Å². The van der Waals surface area contributed by atoms with Gasteiger partial charge >= 0.3 is 0 Å². The zero-order valence-corrected chi connectivity index (χ0v) is 14.3. The smallest absolute Gasteiger partial charge is 0.0596 e. The molecule has 20 heavy (non-hydrogen) atoms. The van der Waals surface area contributed by atoms with Gasteiger partial charge in [0.25, 0.3) is 0 Å². The molecule has 0 spiro atoms. The average molecular weight is 357 g/mol. The molecule has 1 N–H and O–H groups in total. The summed E-state index contributed by atoms with van der Waals surface area (Å²) in [5.41, 5.74) is 3.36. The van der Waals surface area contributed by atoms with E-state index in [2.05, 4.69) is 45.4 Å². The first-order valence-electron chi connectivity index (χ1n) is 6.69. The predicted octanol–water partition coefficient (Wildman–Crippen LogP) is 4.04. The molecule has 2 rings (SSSR count). The van der Waals surface area contributed by atoms with Gasteiger partial charge in [0.1, 0.15) is 0 Å². The summed E-state index contributed by atoms with van der Waals surface area (Å²) in [7, 11) is 1.98. The lowest BCUT2D eigenvalue weighted by Gasteiger charge is -2.20. The van der Waals surface area contributed by atoms with Gasteiger partial charge in [-0.25, -0.2) is 0 Å². The van der Waals surface area contributed by atoms with Crippen LogP contribution < -0.4 is 5.32 Å². The summed E-state index contributed by atoms with van der Waals surface area (Å²) in [5, 5.41) is 8.69. The minimum Gasteiger partial charge on any atom is -0.310 e. The van der Waals surface area contributed by atoms with Crippen molar-refractivity contribution in [3.05, 3.63) is 50.7 Å². The van der Waals surface area contributed by atoms with Crippen LogP contribution in [0.2, 0.25) is 5.02 Å². The van der Waals surface area contributed by atoms with Gasteiger partial charge in [-0.1, -0.05) is 40.5 Å². The van der Waals surface area contributed by atoms with E-state index in [9.17, 15) is 0 Å². The Morgan fingerprint density at radius 2 is 2.15 bits per heavy atom. The molecule has 0 aliphatic rings. The standard InChI is InChI=1S/C15H19BrClN3/c1-4-18-15(9-12-7-10(2)19-20(12)3)13-6-5-11(16)8-14(13)17/h5-8,15,18H,4,9H2,1-3H3. The third kappa shape index (κ3) is 3.62. The van der Waals surface area contributed by atoms with Gasteiger partial charge in [0.15, 0.2) is 0 Å². The molecule has 0 radical (unpaired) electrons. The van der Waals surface area contributed by atoms with Crippen molar-refractivity contribution >= 4 is 27.5 Å². The van der Waals surface area contributed by atoms with Crippen molar-refractivity contribution in [2.24, 2.45) is 7.05 Å². The summed E-state index contributed by atoms with van der Waals surface area (Å²) in [4.78, 5) is 0. The van der Waals surface area contributed by atoms with E-state index in [1.165, 1.54) is 5.69 Å². The topological polar surface area (TPSA) is 29.9 Å². The molecule has 0 aliphatic carbocycles. The Hall–Kier alpha value is -0.840. The summed E-state index contributed by atoms with van der Waals surface area (Å²) in [6.45, 7) is 5.01. The van der Waals surface area contributed by atoms with Gasteiger partial charge in [-0.3, -0.25) is 4.68 Å². The number of likely N-dealkylation sites (N-methyl/N-ethyl adjacent to an activating group) is 1. The average Bonchev–Trinajstić information content (AvgIpc) is 2.67. The molecule has 108 valence electrons. The molecule has 0 aliphatic heterocycles. The predicted molar refractivity (Wildman–Crippen MR) is 87.2 cm³/mol. The number of hydrogen-bond acceptors (Lipinski definition) is 2. The summed E-state index contributed by atoms with van der Waals surface area (Å²) in [5.74, 6) is 0. The lowest BCUT2D eigenvalue weighted by atomic mass is 10.0. The van der Waals surface area contributed by atoms with E-state index in [1.54, 1.807) is 0 Å². The maximum Gasteiger partial charge on any atom is 0.0596 e. The SMILES string of the molecule is CCNC(Cc1cc(C)nn1C)c1ccc(Br)cc1Cl. The minimum atomic E-state index is 0.190. The molecule has 1 heterocycles. The monoisotopic (exact) mass is 355 g/mol. The molecule has 0 saturated carbocycles. The number of benzene rings is 1. The van der Waals surface area contributed by atoms with Gasteiger partial charge in [-0.05, 0) is 37.2 Å². The lowest BCUT2D eigenvalue weighted by molar-refractivity contribution is 0.529. The third-order valence-corrected chi connectivity index (χ3v) is 4.12. The number of nitrogens with one attached hydrogen (secondary N) is 1. The molecule has 1 atom stereocenters. The largest absolute Gasteiger partial charge is 0.310 e. The number of hydrogen-bond donors (Lipinski definition) is 1. The van der Waals surface area contributed by atoms with Crippen LogP contribution in [0.1, 0.15) is 29.9 Å². The molecule has 3 nitrogen and oxygen atoms in total. The van der Waals surface area contributed by atoms with Crippen molar-refractivity contribution in [2.75, 3.05) is 6.54 Å². The van der Waals surface area contributed by atoms with Gasteiger partial charge in [0, 0.05) is 34.7 Å². The number of rotatable bonds is 5. The van der Waals surface area contributed by atoms with Crippen molar-refractivity contribution in [1.82, 2.24) is 15.1 Å². The van der Waals surface area contributed by atoms with Crippen LogP contribution in [0.3, 0.4) is 0 Å². The zero-order valence-electron chi connectivity index (χ0n) is 12.0. The van der Waals surface area contributed by atoms with E-state index in [4.69, 9.17) is 11.6 Å². The molecule has 0 amide bonds. The summed E-state index contributed by atoms with van der Waals surface area (Å²) < 4.78 is 2.93. The Balaban J connectivity index is 2.29. The Labute approximate surface area is 133 Å². The van der Waals surface area contributed by atoms with Crippen LogP contribution in [0.4, 0.5) is 0 Å². The van der Waals surface area contributed by atoms with E-state index >= 15 is 0 Å². The highest BCUT2D eigenvalue weighted by Gasteiger charge is 2.16. The molecule has 0 saturated heterocycles. The van der Waals surface area contributed by atoms with E-state index in [1.807, 2.05) is 30.8 Å². The number of aryl methyl sites for hydroxylation is 2. The molecule has 0 bridgehead atoms. The fourth-order valence-electron chi connectivity index (χ4n) is 2.39. The highest BCUT2D eigenvalue weighted by Crippen LogP contribution is 2.28. The van der Waals surface area contributed by atoms with Crippen LogP contribution in [0.25, 0.3) is 0 Å². The van der Waals surface area contributed by atoms with Gasteiger partial charge in [-0.2, -0.15) is 5.10 Å². The second-order valence-corrected chi connectivity index (χ2v) is 6.20. The van der Waals surface area contributed by atoms with Crippen molar-refractivity contribution in [3.8, 4) is 0 Å². The second-order valence-electron chi connectivity index (χ2n) is 4.88. The van der Waals surface area contributed by atoms with Crippen LogP contribution in [0.15, 0.2) is 28.7 Å². The fourth-order valence-corrected chi connectivity index (χ4v) is 3.19. The zero-order chi connectivity index (χ0) is 14.7. The first kappa shape index (κ1) is 15.5. The van der Waals surface area contributed by atoms with Crippen LogP contribution in [-0.4, -0.2) is 16.3 Å². The molecule has 5 heteroatoms. The summed E-state index contributed by atoms with van der Waals surface area (Å²) in [6, 6.07) is 8.35. The van der Waals surface area contributed by atoms with Crippen LogP contribution in [-0.2, 0) is 13.5 Å². The fraction of sp³-hybridized carbons (Fsp3) is 0.400. The normalized spacial score (nSPS) is 12.7. The Kier molecular flexibility index (Phi) is 5.24. The maximum atomic E-state index is 6.38. The van der Waals surface area contributed by atoms with Crippen molar-refractivity contribution in [1.29, 1.82) is 0 Å². The molecule has 1 unspecified atom stereocenters. The molecular formula is C15H19BrClN3. The number of halogens is 2. The third-order valence-electron chi connectivity index (χ3n) is 3.30. The second kappa shape index (κ2) is 6.74. The lowest BCUT2D eigenvalue weighted by Crippen LogP contribution is -2.24. The van der Waals surface area contributed by atoms with Gasteiger partial charge in [0.05, 0.1) is 5.69 Å². The Morgan fingerprint density at radius 3 is 2.70 bits per heavy atom. The van der Waals surface area contributed by atoms with Crippen LogP contribution >= 0.6 is 27.5 Å². The number of nitrogens with zero attached hydrogens (tertiary/aromatic N) is 2. The van der Waals surface area contributed by atoms with Gasteiger partial charge < -0.3 is 5.32 Å². The van der Waals surface area contributed by atoms with E-state index in [-0.39, 0.29) is 6.04 Å². The summed E-state index contributed by atoms with van der Waals surface area (Å²) in [6.07, 6.45) is 0.868. The van der Waals surface area contributed by atoms with Crippen molar-refractivity contribution < 1.29 is 0 Å². The van der Waals surface area contributed by atoms with E-state index < -0.39 is 0 Å². The highest BCUT2D eigenvalue weighted by atomic mass is 79.9. The molecule has 0 fully saturated rings. The number of aromatic nitrogens is 2. The van der Waals surface area contributed by atoms with Crippen molar-refractivity contribution in [2.45, 2.75) is 26.3 Å². The van der Waals surface area contributed by atoms with E-state index in [0.29, 0.717) is 0 Å². The summed E-state index contributed by atoms with van der Waals surface area (Å²) >= 11 is 9.83. The quantitative estimate of drug-likeness (QED) is 0.876. The molecule has 2 aromatic rings. The van der Waals surface area contributed by atoms with E-state index in [0.717, 1.165) is 33.7 Å². The molecule has 1 aromatic heterocycles. The van der Waals surface area contributed by atoms with Crippen molar-refractivity contribution in [3.63, 3.8) is 0 Å². The Morgan fingerprint density at radius 1 is 1.40 bits per heavy atom. The minimum absolute atomic E-state index is 0.190. The first-order chi connectivity index (χ1) is 9.51. The Bertz CT molecular complexity index is 595. The van der Waals surface area contributed by atoms with Crippen LogP contribution in [0, 0.1) is 6.92 Å². The van der Waals surface area contributed by atoms with Gasteiger partial charge in [0.2, 0.25) is 0 Å². The molecular weight excluding hydrogens is 338 g/mol. The maximum absolute atomic E-state index is 6.38. The first-order valence-corrected chi connectivity index (χ1v) is 7.86.